The van der Waals surface area contributed by atoms with Crippen molar-refractivity contribution >= 4 is 28.3 Å². The fourth-order valence-electron chi connectivity index (χ4n) is 2.46. The van der Waals surface area contributed by atoms with Gasteiger partial charge in [0.15, 0.2) is 5.13 Å². The van der Waals surface area contributed by atoms with Crippen molar-refractivity contribution in [1.82, 2.24) is 9.88 Å². The second kappa shape index (κ2) is 5.16. The highest BCUT2D eigenvalue weighted by atomic mass is 32.1. The van der Waals surface area contributed by atoms with Crippen LogP contribution in [0.3, 0.4) is 0 Å². The smallest absolute Gasteiger partial charge is 0.311 e. The normalized spacial score (nSPS) is 23.3. The van der Waals surface area contributed by atoms with Gasteiger partial charge in [-0.3, -0.25) is 9.59 Å². The molecule has 0 spiro atoms. The second-order valence-electron chi connectivity index (χ2n) is 4.83. The van der Waals surface area contributed by atoms with Gasteiger partial charge < -0.3 is 15.7 Å². The Hall–Kier alpha value is -1.63. The Morgan fingerprint density at radius 3 is 2.89 bits per heavy atom. The number of nitrogens with two attached hydrogens (primary N) is 1. The number of piperidine rings is 1. The number of carbonyl (C=O) groups is 2. The van der Waals surface area contributed by atoms with Gasteiger partial charge in [-0.05, 0) is 19.3 Å². The first-order valence-corrected chi connectivity index (χ1v) is 7.04. The number of rotatable bonds is 3. The van der Waals surface area contributed by atoms with Crippen LogP contribution >= 0.6 is 11.3 Å². The van der Waals surface area contributed by atoms with E-state index >= 15 is 0 Å². The second-order valence-corrected chi connectivity index (χ2v) is 5.89. The van der Waals surface area contributed by atoms with Crippen molar-refractivity contribution in [3.8, 4) is 0 Å². The van der Waals surface area contributed by atoms with Crippen LogP contribution in [-0.4, -0.2) is 40.0 Å². The van der Waals surface area contributed by atoms with Crippen molar-refractivity contribution in [3.05, 3.63) is 11.1 Å². The van der Waals surface area contributed by atoms with Crippen molar-refractivity contribution in [2.45, 2.75) is 26.2 Å². The number of nitrogens with zero attached hydrogens (tertiary/aromatic N) is 2. The molecule has 19 heavy (non-hydrogen) atoms. The quantitative estimate of drug-likeness (QED) is 0.875. The van der Waals surface area contributed by atoms with E-state index in [-0.39, 0.29) is 12.5 Å². The van der Waals surface area contributed by atoms with Crippen LogP contribution in [0.4, 0.5) is 5.13 Å². The molecule has 0 unspecified atom stereocenters. The number of hydrogen-bond acceptors (Lipinski definition) is 5. The van der Waals surface area contributed by atoms with Gasteiger partial charge in [-0.15, -0.1) is 0 Å². The number of thiazole rings is 1. The molecule has 0 aliphatic carbocycles. The molecular weight excluding hydrogens is 266 g/mol. The van der Waals surface area contributed by atoms with Crippen molar-refractivity contribution in [3.63, 3.8) is 0 Å². The Balaban J connectivity index is 2.17. The van der Waals surface area contributed by atoms with Crippen LogP contribution in [0, 0.1) is 5.41 Å². The molecule has 7 heteroatoms. The van der Waals surface area contributed by atoms with Gasteiger partial charge in [0, 0.05) is 13.1 Å². The van der Waals surface area contributed by atoms with Gasteiger partial charge in [0.25, 0.3) is 5.91 Å². The average molecular weight is 283 g/mol. The Kier molecular flexibility index (Phi) is 3.75. The highest BCUT2D eigenvalue weighted by Gasteiger charge is 2.42. The lowest BCUT2D eigenvalue weighted by molar-refractivity contribution is -0.152. The summed E-state index contributed by atoms with van der Waals surface area (Å²) in [5, 5.41) is 9.74. The van der Waals surface area contributed by atoms with Crippen molar-refractivity contribution in [1.29, 1.82) is 0 Å². The maximum absolute atomic E-state index is 12.3. The van der Waals surface area contributed by atoms with Crippen LogP contribution < -0.4 is 5.73 Å². The molecule has 1 aliphatic heterocycles. The standard InChI is InChI=1S/C12H17N3O3S/c1-2-12(10(17)18)4-3-5-15(7-12)9(16)8-6-14-11(13)19-8/h6H,2-5,7H2,1H3,(H2,13,14)(H,17,18)/t12-/m0/s1. The first kappa shape index (κ1) is 13.8. The molecule has 1 aromatic heterocycles. The Bertz CT molecular complexity index is 502. The molecule has 2 heterocycles. The number of carboxylic acid groups (broad SMARTS) is 1. The number of hydrogen-bond donors (Lipinski definition) is 2. The molecule has 0 aromatic carbocycles. The lowest BCUT2D eigenvalue weighted by Gasteiger charge is -2.39. The number of nitrogen functional groups attached to an aromatic ring is 1. The molecule has 0 radical (unpaired) electrons. The monoisotopic (exact) mass is 283 g/mol. The molecule has 0 bridgehead atoms. The minimum atomic E-state index is -0.823. The van der Waals surface area contributed by atoms with Crippen LogP contribution in [0.1, 0.15) is 35.9 Å². The summed E-state index contributed by atoms with van der Waals surface area (Å²) in [5.74, 6) is -0.996. The Morgan fingerprint density at radius 2 is 2.37 bits per heavy atom. The summed E-state index contributed by atoms with van der Waals surface area (Å²) in [6.45, 7) is 2.70. The predicted octanol–water partition coefficient (Wildman–Crippen LogP) is 1.44. The van der Waals surface area contributed by atoms with E-state index in [1.54, 1.807) is 4.90 Å². The van der Waals surface area contributed by atoms with Gasteiger partial charge in [0.05, 0.1) is 11.6 Å². The minimum Gasteiger partial charge on any atom is -0.481 e. The zero-order valence-electron chi connectivity index (χ0n) is 10.8. The number of aliphatic carboxylic acids is 1. The van der Waals surface area contributed by atoms with Crippen LogP contribution in [0.25, 0.3) is 0 Å². The Morgan fingerprint density at radius 1 is 1.63 bits per heavy atom. The van der Waals surface area contributed by atoms with Gasteiger partial charge in [0.1, 0.15) is 4.88 Å². The molecule has 104 valence electrons. The van der Waals surface area contributed by atoms with E-state index in [1.807, 2.05) is 6.92 Å². The third kappa shape index (κ3) is 2.56. The maximum Gasteiger partial charge on any atom is 0.311 e. The van der Waals surface area contributed by atoms with Crippen LogP contribution in [0.2, 0.25) is 0 Å². The molecule has 1 saturated heterocycles. The Labute approximate surface area is 115 Å². The molecular formula is C12H17N3O3S. The number of aromatic nitrogens is 1. The third-order valence-electron chi connectivity index (χ3n) is 3.73. The first-order chi connectivity index (χ1) is 8.98. The van der Waals surface area contributed by atoms with Crippen LogP contribution in [-0.2, 0) is 4.79 Å². The van der Waals surface area contributed by atoms with E-state index in [4.69, 9.17) is 5.73 Å². The minimum absolute atomic E-state index is 0.173. The summed E-state index contributed by atoms with van der Waals surface area (Å²) in [4.78, 5) is 29.7. The predicted molar refractivity (Wildman–Crippen MR) is 72.0 cm³/mol. The van der Waals surface area contributed by atoms with E-state index in [2.05, 4.69) is 4.98 Å². The number of amides is 1. The average Bonchev–Trinajstić information content (AvgIpc) is 2.84. The van der Waals surface area contributed by atoms with E-state index in [1.165, 1.54) is 6.20 Å². The van der Waals surface area contributed by atoms with Gasteiger partial charge in [0.2, 0.25) is 0 Å². The lowest BCUT2D eigenvalue weighted by atomic mass is 9.77. The summed E-state index contributed by atoms with van der Waals surface area (Å²) < 4.78 is 0. The van der Waals surface area contributed by atoms with Gasteiger partial charge in [-0.1, -0.05) is 18.3 Å². The first-order valence-electron chi connectivity index (χ1n) is 6.22. The SMILES string of the molecule is CC[C@]1(C(=O)O)CCCN(C(=O)c2cnc(N)s2)C1. The molecule has 3 N–H and O–H groups in total. The third-order valence-corrected chi connectivity index (χ3v) is 4.54. The van der Waals surface area contributed by atoms with Crippen molar-refractivity contribution < 1.29 is 14.7 Å². The van der Waals surface area contributed by atoms with Crippen molar-refractivity contribution in [2.24, 2.45) is 5.41 Å². The number of carboxylic acids is 1. The van der Waals surface area contributed by atoms with Gasteiger partial charge >= 0.3 is 5.97 Å². The van der Waals surface area contributed by atoms with Gasteiger partial charge in [-0.25, -0.2) is 4.98 Å². The van der Waals surface area contributed by atoms with Crippen molar-refractivity contribution in [2.75, 3.05) is 18.8 Å². The largest absolute Gasteiger partial charge is 0.481 e. The topological polar surface area (TPSA) is 96.5 Å². The number of likely N-dealkylation sites (tertiary alicyclic amines) is 1. The van der Waals surface area contributed by atoms with E-state index in [0.29, 0.717) is 35.8 Å². The summed E-state index contributed by atoms with van der Waals surface area (Å²) in [7, 11) is 0. The van der Waals surface area contributed by atoms with Crippen LogP contribution in [0.5, 0.6) is 0 Å². The number of carbonyl (C=O) groups excluding carboxylic acids is 1. The summed E-state index contributed by atoms with van der Waals surface area (Å²) >= 11 is 1.13. The fourth-order valence-corrected chi connectivity index (χ4v) is 3.11. The highest BCUT2D eigenvalue weighted by Crippen LogP contribution is 2.34. The summed E-state index contributed by atoms with van der Waals surface area (Å²) in [5.41, 5.74) is 4.70. The highest BCUT2D eigenvalue weighted by molar-refractivity contribution is 7.17. The van der Waals surface area contributed by atoms with Gasteiger partial charge in [-0.2, -0.15) is 0 Å². The zero-order valence-corrected chi connectivity index (χ0v) is 11.6. The van der Waals surface area contributed by atoms with E-state index < -0.39 is 11.4 Å². The summed E-state index contributed by atoms with van der Waals surface area (Å²) in [6.07, 6.45) is 3.30. The zero-order chi connectivity index (χ0) is 14.0. The molecule has 6 nitrogen and oxygen atoms in total. The maximum atomic E-state index is 12.3. The number of anilines is 1. The fraction of sp³-hybridized carbons (Fsp3) is 0.583. The molecule has 1 aliphatic rings. The summed E-state index contributed by atoms with van der Waals surface area (Å²) in [6, 6.07) is 0. The van der Waals surface area contributed by atoms with E-state index in [9.17, 15) is 14.7 Å². The molecule has 1 atom stereocenters. The molecule has 0 saturated carbocycles. The lowest BCUT2D eigenvalue weighted by Crippen LogP contribution is -2.49. The molecule has 1 amide bonds. The van der Waals surface area contributed by atoms with Crippen LogP contribution in [0.15, 0.2) is 6.20 Å². The molecule has 1 aromatic rings. The molecule has 1 fully saturated rings. The van der Waals surface area contributed by atoms with E-state index in [0.717, 1.165) is 11.3 Å². The molecule has 2 rings (SSSR count).